The van der Waals surface area contributed by atoms with Crippen LogP contribution in [0.25, 0.3) is 0 Å². The van der Waals surface area contributed by atoms with E-state index in [4.69, 9.17) is 9.26 Å². The molecule has 1 amide bonds. The average molecular weight is 274 g/mol. The summed E-state index contributed by atoms with van der Waals surface area (Å²) in [6, 6.07) is 9.40. The molecule has 0 spiro atoms. The number of carbonyl (C=O) groups is 1. The SMILES string of the molecule is Cc1ccc(OCC(=O)N(C)Cc2cc(C)on2)cc1. The largest absolute Gasteiger partial charge is 0.484 e. The lowest BCUT2D eigenvalue weighted by Crippen LogP contribution is -2.31. The molecule has 0 aliphatic heterocycles. The van der Waals surface area contributed by atoms with E-state index >= 15 is 0 Å². The Morgan fingerprint density at radius 1 is 1.30 bits per heavy atom. The molecule has 0 radical (unpaired) electrons. The Labute approximate surface area is 118 Å². The van der Waals surface area contributed by atoms with E-state index in [-0.39, 0.29) is 12.5 Å². The number of likely N-dealkylation sites (N-methyl/N-ethyl adjacent to an activating group) is 1. The van der Waals surface area contributed by atoms with Crippen LogP contribution in [0.1, 0.15) is 17.0 Å². The van der Waals surface area contributed by atoms with E-state index < -0.39 is 0 Å². The van der Waals surface area contributed by atoms with Crippen molar-refractivity contribution in [3.63, 3.8) is 0 Å². The molecule has 0 saturated heterocycles. The van der Waals surface area contributed by atoms with Gasteiger partial charge in [-0.1, -0.05) is 22.9 Å². The molecule has 2 rings (SSSR count). The van der Waals surface area contributed by atoms with E-state index in [1.54, 1.807) is 11.9 Å². The maximum atomic E-state index is 11.9. The van der Waals surface area contributed by atoms with Crippen molar-refractivity contribution in [2.75, 3.05) is 13.7 Å². The zero-order chi connectivity index (χ0) is 14.5. The van der Waals surface area contributed by atoms with Gasteiger partial charge in [-0.05, 0) is 26.0 Å². The minimum Gasteiger partial charge on any atom is -0.484 e. The molecule has 0 unspecified atom stereocenters. The lowest BCUT2D eigenvalue weighted by molar-refractivity contribution is -0.132. The molecule has 0 aliphatic carbocycles. The molecule has 0 aliphatic rings. The Bertz CT molecular complexity index is 575. The van der Waals surface area contributed by atoms with Crippen molar-refractivity contribution < 1.29 is 14.1 Å². The van der Waals surface area contributed by atoms with E-state index in [1.807, 2.05) is 44.2 Å². The van der Waals surface area contributed by atoms with Gasteiger partial charge >= 0.3 is 0 Å². The van der Waals surface area contributed by atoms with Gasteiger partial charge in [0.1, 0.15) is 17.2 Å². The van der Waals surface area contributed by atoms with Crippen molar-refractivity contribution in [2.24, 2.45) is 0 Å². The first-order chi connectivity index (χ1) is 9.54. The van der Waals surface area contributed by atoms with Gasteiger partial charge in [0, 0.05) is 13.1 Å². The quantitative estimate of drug-likeness (QED) is 0.839. The molecule has 1 aromatic carbocycles. The average Bonchev–Trinajstić information content (AvgIpc) is 2.83. The molecule has 0 saturated carbocycles. The van der Waals surface area contributed by atoms with Crippen LogP contribution in [-0.2, 0) is 11.3 Å². The second kappa shape index (κ2) is 6.23. The molecule has 2 aromatic rings. The third-order valence-corrected chi connectivity index (χ3v) is 2.88. The van der Waals surface area contributed by atoms with Crippen LogP contribution in [0.2, 0.25) is 0 Å². The lowest BCUT2D eigenvalue weighted by atomic mass is 10.2. The third-order valence-electron chi connectivity index (χ3n) is 2.88. The van der Waals surface area contributed by atoms with Crippen LogP contribution < -0.4 is 4.74 Å². The number of benzene rings is 1. The van der Waals surface area contributed by atoms with Gasteiger partial charge in [-0.25, -0.2) is 0 Å². The first-order valence-electron chi connectivity index (χ1n) is 6.40. The van der Waals surface area contributed by atoms with Crippen molar-refractivity contribution in [3.05, 3.63) is 47.3 Å². The Hall–Kier alpha value is -2.30. The molecule has 0 bridgehead atoms. The normalized spacial score (nSPS) is 10.3. The van der Waals surface area contributed by atoms with Gasteiger partial charge in [-0.2, -0.15) is 0 Å². The van der Waals surface area contributed by atoms with Crippen molar-refractivity contribution in [1.29, 1.82) is 0 Å². The summed E-state index contributed by atoms with van der Waals surface area (Å²) in [6.45, 7) is 4.24. The summed E-state index contributed by atoms with van der Waals surface area (Å²) in [6.07, 6.45) is 0. The van der Waals surface area contributed by atoms with Gasteiger partial charge in [0.25, 0.3) is 5.91 Å². The summed E-state index contributed by atoms with van der Waals surface area (Å²) in [5.74, 6) is 1.32. The monoisotopic (exact) mass is 274 g/mol. The second-order valence-corrected chi connectivity index (χ2v) is 4.78. The van der Waals surface area contributed by atoms with E-state index in [9.17, 15) is 4.79 Å². The predicted octanol–water partition coefficient (Wildman–Crippen LogP) is 2.33. The van der Waals surface area contributed by atoms with Crippen molar-refractivity contribution in [2.45, 2.75) is 20.4 Å². The Morgan fingerprint density at radius 3 is 2.60 bits per heavy atom. The summed E-state index contributed by atoms with van der Waals surface area (Å²) in [4.78, 5) is 13.5. The Morgan fingerprint density at radius 2 is 2.00 bits per heavy atom. The number of aromatic nitrogens is 1. The zero-order valence-electron chi connectivity index (χ0n) is 11.9. The Kier molecular flexibility index (Phi) is 4.40. The summed E-state index contributed by atoms with van der Waals surface area (Å²) in [7, 11) is 1.71. The number of hydrogen-bond donors (Lipinski definition) is 0. The number of amides is 1. The highest BCUT2D eigenvalue weighted by Crippen LogP contribution is 2.11. The van der Waals surface area contributed by atoms with Crippen LogP contribution in [0.15, 0.2) is 34.9 Å². The van der Waals surface area contributed by atoms with Crippen molar-refractivity contribution in [1.82, 2.24) is 10.1 Å². The van der Waals surface area contributed by atoms with Crippen LogP contribution >= 0.6 is 0 Å². The van der Waals surface area contributed by atoms with E-state index in [0.29, 0.717) is 12.3 Å². The number of carbonyl (C=O) groups excluding carboxylic acids is 1. The molecule has 20 heavy (non-hydrogen) atoms. The number of nitrogens with zero attached hydrogens (tertiary/aromatic N) is 2. The summed E-state index contributed by atoms with van der Waals surface area (Å²) in [5, 5.41) is 3.86. The predicted molar refractivity (Wildman–Crippen MR) is 74.4 cm³/mol. The van der Waals surface area contributed by atoms with Crippen LogP contribution in [0.5, 0.6) is 5.75 Å². The highest BCUT2D eigenvalue weighted by atomic mass is 16.5. The summed E-state index contributed by atoms with van der Waals surface area (Å²) >= 11 is 0. The van der Waals surface area contributed by atoms with Gasteiger partial charge in [0.15, 0.2) is 6.61 Å². The number of aryl methyl sites for hydroxylation is 2. The van der Waals surface area contributed by atoms with Crippen molar-refractivity contribution >= 4 is 5.91 Å². The fourth-order valence-electron chi connectivity index (χ4n) is 1.71. The molecule has 0 fully saturated rings. The highest BCUT2D eigenvalue weighted by Gasteiger charge is 2.12. The topological polar surface area (TPSA) is 55.6 Å². The van der Waals surface area contributed by atoms with Crippen LogP contribution in [0.4, 0.5) is 0 Å². The van der Waals surface area contributed by atoms with Gasteiger partial charge in [-0.15, -0.1) is 0 Å². The number of hydrogen-bond acceptors (Lipinski definition) is 4. The second-order valence-electron chi connectivity index (χ2n) is 4.78. The lowest BCUT2D eigenvalue weighted by Gasteiger charge is -2.15. The molecule has 0 N–H and O–H groups in total. The molecule has 1 aromatic heterocycles. The Balaban J connectivity index is 1.83. The standard InChI is InChI=1S/C15H18N2O3/c1-11-4-6-14(7-5-11)19-10-15(18)17(3)9-13-8-12(2)20-16-13/h4-8H,9-10H2,1-3H3. The minimum absolute atomic E-state index is 0.0103. The molecule has 1 heterocycles. The first-order valence-corrected chi connectivity index (χ1v) is 6.40. The fraction of sp³-hybridized carbons (Fsp3) is 0.333. The molecule has 106 valence electrons. The maximum absolute atomic E-state index is 11.9. The van der Waals surface area contributed by atoms with Gasteiger partial charge < -0.3 is 14.2 Å². The van der Waals surface area contributed by atoms with Crippen LogP contribution in [0.3, 0.4) is 0 Å². The third kappa shape index (κ3) is 3.85. The molecule has 0 atom stereocenters. The molecular formula is C15H18N2O3. The van der Waals surface area contributed by atoms with Gasteiger partial charge in [0.2, 0.25) is 0 Å². The van der Waals surface area contributed by atoms with E-state index in [2.05, 4.69) is 5.16 Å². The maximum Gasteiger partial charge on any atom is 0.260 e. The highest BCUT2D eigenvalue weighted by molar-refractivity contribution is 5.77. The fourth-order valence-corrected chi connectivity index (χ4v) is 1.71. The van der Waals surface area contributed by atoms with Gasteiger partial charge in [0.05, 0.1) is 6.54 Å². The molecule has 5 nitrogen and oxygen atoms in total. The van der Waals surface area contributed by atoms with Crippen LogP contribution in [0, 0.1) is 13.8 Å². The number of ether oxygens (including phenoxy) is 1. The smallest absolute Gasteiger partial charge is 0.260 e. The van der Waals surface area contributed by atoms with Crippen LogP contribution in [-0.4, -0.2) is 29.6 Å². The molecular weight excluding hydrogens is 256 g/mol. The first kappa shape index (κ1) is 14.1. The zero-order valence-corrected chi connectivity index (χ0v) is 11.9. The van der Waals surface area contributed by atoms with Crippen molar-refractivity contribution in [3.8, 4) is 5.75 Å². The summed E-state index contributed by atoms with van der Waals surface area (Å²) in [5.41, 5.74) is 1.89. The minimum atomic E-state index is -0.105. The molecule has 5 heteroatoms. The summed E-state index contributed by atoms with van der Waals surface area (Å²) < 4.78 is 10.4. The van der Waals surface area contributed by atoms with E-state index in [0.717, 1.165) is 17.0 Å². The number of rotatable bonds is 5. The van der Waals surface area contributed by atoms with E-state index in [1.165, 1.54) is 0 Å². The van der Waals surface area contributed by atoms with Gasteiger partial charge in [-0.3, -0.25) is 4.79 Å².